The minimum absolute atomic E-state index is 0.337. The molecule has 0 radical (unpaired) electrons. The van der Waals surface area contributed by atoms with E-state index < -0.39 is 0 Å². The molecule has 2 rings (SSSR count). The lowest BCUT2D eigenvalue weighted by Gasteiger charge is -2.15. The smallest absolute Gasteiger partial charge is 0.350 e. The van der Waals surface area contributed by atoms with Crippen molar-refractivity contribution in [3.63, 3.8) is 0 Å². The third-order valence-corrected chi connectivity index (χ3v) is 4.09. The molecule has 18 heavy (non-hydrogen) atoms. The van der Waals surface area contributed by atoms with E-state index in [2.05, 4.69) is 10.6 Å². The first-order valence-corrected chi connectivity index (χ1v) is 7.23. The highest BCUT2D eigenvalue weighted by Crippen LogP contribution is 2.23. The molecule has 1 aliphatic rings. The van der Waals surface area contributed by atoms with Crippen molar-refractivity contribution >= 4 is 40.3 Å². The summed E-state index contributed by atoms with van der Waals surface area (Å²) in [7, 11) is 1.38. The summed E-state index contributed by atoms with van der Waals surface area (Å²) >= 11 is 6.59. The van der Waals surface area contributed by atoms with Gasteiger partial charge in [-0.05, 0) is 36.5 Å². The average molecular weight is 284 g/mol. The zero-order valence-corrected chi connectivity index (χ0v) is 11.8. The number of thiocarbonyl (C=S) groups is 1. The third kappa shape index (κ3) is 3.20. The molecule has 1 saturated carbocycles. The van der Waals surface area contributed by atoms with Gasteiger partial charge in [-0.15, -0.1) is 11.3 Å². The van der Waals surface area contributed by atoms with Crippen molar-refractivity contribution in [1.29, 1.82) is 0 Å². The molecular formula is C12H16N2O2S2. The van der Waals surface area contributed by atoms with Gasteiger partial charge in [0.25, 0.3) is 0 Å². The minimum atomic E-state index is -0.337. The van der Waals surface area contributed by atoms with Crippen LogP contribution in [0.3, 0.4) is 0 Å². The van der Waals surface area contributed by atoms with E-state index in [9.17, 15) is 4.79 Å². The maximum Gasteiger partial charge on any atom is 0.350 e. The number of nitrogens with one attached hydrogen (secondary N) is 2. The van der Waals surface area contributed by atoms with E-state index in [1.165, 1.54) is 31.3 Å². The summed E-state index contributed by atoms with van der Waals surface area (Å²) < 4.78 is 4.72. The Bertz CT molecular complexity index is 439. The number of carbonyl (C=O) groups excluding carboxylic acids is 1. The zero-order chi connectivity index (χ0) is 13.0. The standard InChI is InChI=1S/C12H16N2O2S2/c1-16-11(15)10-9(6-7-18-10)14-12(17)13-8-4-2-3-5-8/h6-8H,2-5H2,1H3,(H2,13,14,17). The maximum absolute atomic E-state index is 11.5. The molecule has 0 aromatic carbocycles. The lowest BCUT2D eigenvalue weighted by molar-refractivity contribution is 0.0607. The second-order valence-corrected chi connectivity index (χ2v) is 5.56. The van der Waals surface area contributed by atoms with Crippen molar-refractivity contribution < 1.29 is 9.53 Å². The summed E-state index contributed by atoms with van der Waals surface area (Å²) in [5.41, 5.74) is 0.711. The van der Waals surface area contributed by atoms with E-state index >= 15 is 0 Å². The first-order chi connectivity index (χ1) is 8.70. The SMILES string of the molecule is COC(=O)c1sccc1NC(=S)NC1CCCC1. The van der Waals surface area contributed by atoms with Gasteiger partial charge < -0.3 is 15.4 Å². The van der Waals surface area contributed by atoms with Crippen molar-refractivity contribution in [2.75, 3.05) is 12.4 Å². The number of carbonyl (C=O) groups is 1. The van der Waals surface area contributed by atoms with Crippen molar-refractivity contribution in [2.45, 2.75) is 31.7 Å². The van der Waals surface area contributed by atoms with Crippen LogP contribution in [0.4, 0.5) is 5.69 Å². The number of hydrogen-bond donors (Lipinski definition) is 2. The van der Waals surface area contributed by atoms with Gasteiger partial charge in [-0.1, -0.05) is 12.8 Å². The van der Waals surface area contributed by atoms with Crippen LogP contribution in [-0.4, -0.2) is 24.2 Å². The lowest BCUT2D eigenvalue weighted by Crippen LogP contribution is -2.36. The fraction of sp³-hybridized carbons (Fsp3) is 0.500. The van der Waals surface area contributed by atoms with Crippen LogP contribution in [0.2, 0.25) is 0 Å². The summed E-state index contributed by atoms with van der Waals surface area (Å²) in [4.78, 5) is 12.1. The van der Waals surface area contributed by atoms with Crippen molar-refractivity contribution in [3.8, 4) is 0 Å². The molecule has 1 heterocycles. The van der Waals surface area contributed by atoms with Gasteiger partial charge in [0.05, 0.1) is 12.8 Å². The van der Waals surface area contributed by atoms with Crippen LogP contribution < -0.4 is 10.6 Å². The van der Waals surface area contributed by atoms with Crippen LogP contribution in [0.1, 0.15) is 35.4 Å². The predicted molar refractivity (Wildman–Crippen MR) is 77.3 cm³/mol. The summed E-state index contributed by atoms with van der Waals surface area (Å²) in [6, 6.07) is 2.30. The molecule has 2 N–H and O–H groups in total. The molecule has 0 saturated heterocycles. The normalized spacial score (nSPS) is 15.4. The van der Waals surface area contributed by atoms with E-state index in [4.69, 9.17) is 17.0 Å². The fourth-order valence-corrected chi connectivity index (χ4v) is 3.11. The molecule has 0 aliphatic heterocycles. The molecule has 0 bridgehead atoms. The van der Waals surface area contributed by atoms with Crippen LogP contribution in [0, 0.1) is 0 Å². The number of thiophene rings is 1. The van der Waals surface area contributed by atoms with Gasteiger partial charge in [-0.3, -0.25) is 0 Å². The Morgan fingerprint density at radius 3 is 2.89 bits per heavy atom. The average Bonchev–Trinajstić information content (AvgIpc) is 2.99. The highest BCUT2D eigenvalue weighted by atomic mass is 32.1. The highest BCUT2D eigenvalue weighted by Gasteiger charge is 2.18. The molecule has 0 unspecified atom stereocenters. The number of anilines is 1. The molecule has 1 aromatic heterocycles. The third-order valence-electron chi connectivity index (χ3n) is 2.97. The molecule has 98 valence electrons. The quantitative estimate of drug-likeness (QED) is 0.660. The number of esters is 1. The van der Waals surface area contributed by atoms with Gasteiger partial charge in [0, 0.05) is 6.04 Å². The molecule has 6 heteroatoms. The second kappa shape index (κ2) is 6.15. The second-order valence-electron chi connectivity index (χ2n) is 4.23. The number of rotatable bonds is 3. The topological polar surface area (TPSA) is 50.4 Å². The summed E-state index contributed by atoms with van der Waals surface area (Å²) in [5, 5.41) is 8.75. The van der Waals surface area contributed by atoms with Crippen molar-refractivity contribution in [1.82, 2.24) is 5.32 Å². The molecule has 4 nitrogen and oxygen atoms in total. The molecule has 0 amide bonds. The Balaban J connectivity index is 1.94. The summed E-state index contributed by atoms with van der Waals surface area (Å²) in [6.45, 7) is 0. The van der Waals surface area contributed by atoms with Crippen LogP contribution in [0.15, 0.2) is 11.4 Å². The molecular weight excluding hydrogens is 268 g/mol. The van der Waals surface area contributed by atoms with Gasteiger partial charge in [0.2, 0.25) is 0 Å². The van der Waals surface area contributed by atoms with Crippen molar-refractivity contribution in [3.05, 3.63) is 16.3 Å². The Hall–Kier alpha value is -1.14. The first-order valence-electron chi connectivity index (χ1n) is 5.94. The Labute approximate surface area is 116 Å². The first kappa shape index (κ1) is 13.3. The van der Waals surface area contributed by atoms with Crippen LogP contribution >= 0.6 is 23.6 Å². The Morgan fingerprint density at radius 1 is 1.50 bits per heavy atom. The Morgan fingerprint density at radius 2 is 2.22 bits per heavy atom. The molecule has 1 aromatic rings. The van der Waals surface area contributed by atoms with Gasteiger partial charge in [-0.2, -0.15) is 0 Å². The summed E-state index contributed by atoms with van der Waals surface area (Å²) in [6.07, 6.45) is 4.84. The van der Waals surface area contributed by atoms with E-state index in [1.807, 2.05) is 11.4 Å². The van der Waals surface area contributed by atoms with E-state index in [-0.39, 0.29) is 5.97 Å². The van der Waals surface area contributed by atoms with Gasteiger partial charge in [0.15, 0.2) is 5.11 Å². The predicted octanol–water partition coefficient (Wildman–Crippen LogP) is 2.76. The van der Waals surface area contributed by atoms with Gasteiger partial charge in [-0.25, -0.2) is 4.79 Å². The van der Waals surface area contributed by atoms with Crippen LogP contribution in [-0.2, 0) is 4.74 Å². The number of methoxy groups -OCH3 is 1. The lowest BCUT2D eigenvalue weighted by atomic mass is 10.2. The van der Waals surface area contributed by atoms with Gasteiger partial charge >= 0.3 is 5.97 Å². The highest BCUT2D eigenvalue weighted by molar-refractivity contribution is 7.80. The van der Waals surface area contributed by atoms with Crippen LogP contribution in [0.5, 0.6) is 0 Å². The fourth-order valence-electron chi connectivity index (χ4n) is 2.07. The maximum atomic E-state index is 11.5. The van der Waals surface area contributed by atoms with Crippen LogP contribution in [0.25, 0.3) is 0 Å². The van der Waals surface area contributed by atoms with E-state index in [0.29, 0.717) is 21.7 Å². The number of ether oxygens (including phenoxy) is 1. The largest absolute Gasteiger partial charge is 0.465 e. The minimum Gasteiger partial charge on any atom is -0.465 e. The van der Waals surface area contributed by atoms with E-state index in [0.717, 1.165) is 12.8 Å². The number of hydrogen-bond acceptors (Lipinski definition) is 4. The monoisotopic (exact) mass is 284 g/mol. The molecule has 1 fully saturated rings. The van der Waals surface area contributed by atoms with Gasteiger partial charge in [0.1, 0.15) is 4.88 Å². The Kier molecular flexibility index (Phi) is 4.54. The van der Waals surface area contributed by atoms with E-state index in [1.54, 1.807) is 0 Å². The van der Waals surface area contributed by atoms with Crippen molar-refractivity contribution in [2.24, 2.45) is 0 Å². The molecule has 1 aliphatic carbocycles. The summed E-state index contributed by atoms with van der Waals surface area (Å²) in [5.74, 6) is -0.337. The zero-order valence-electron chi connectivity index (χ0n) is 10.2. The molecule has 0 spiro atoms. The molecule has 0 atom stereocenters.